The molecule has 0 saturated carbocycles. The van der Waals surface area contributed by atoms with Gasteiger partial charge in [0.25, 0.3) is 5.91 Å². The molecular formula is C27H33N3O5S. The van der Waals surface area contributed by atoms with Gasteiger partial charge in [0, 0.05) is 31.1 Å². The molecule has 3 amide bonds. The zero-order valence-corrected chi connectivity index (χ0v) is 21.9. The SMILES string of the molecule is COc1ccc(N2CC=C[C@]34S[C@@H]5C=CCN(C)C(=O)[C@@H]5[C@H]3C(=O)N([C@@H](CO)C(C)C)C4C2=O)cc1. The Bertz CT molecular complexity index is 1120. The average Bonchev–Trinajstić information content (AvgIpc) is 3.19. The second-order valence-electron chi connectivity index (χ2n) is 10.3. The summed E-state index contributed by atoms with van der Waals surface area (Å²) in [6.07, 6.45) is 7.94. The summed E-state index contributed by atoms with van der Waals surface area (Å²) in [7, 11) is 3.34. The molecule has 1 spiro atoms. The summed E-state index contributed by atoms with van der Waals surface area (Å²) in [4.78, 5) is 47.1. The highest BCUT2D eigenvalue weighted by atomic mass is 32.2. The number of rotatable bonds is 5. The molecule has 0 bridgehead atoms. The smallest absolute Gasteiger partial charge is 0.251 e. The minimum absolute atomic E-state index is 0.0718. The molecule has 5 rings (SSSR count). The van der Waals surface area contributed by atoms with Gasteiger partial charge in [-0.25, -0.2) is 0 Å². The van der Waals surface area contributed by atoms with Crippen molar-refractivity contribution in [2.45, 2.75) is 35.9 Å². The van der Waals surface area contributed by atoms with Crippen LogP contribution >= 0.6 is 11.8 Å². The van der Waals surface area contributed by atoms with Crippen molar-refractivity contribution in [3.8, 4) is 5.75 Å². The molecule has 0 aliphatic carbocycles. The molecule has 36 heavy (non-hydrogen) atoms. The van der Waals surface area contributed by atoms with E-state index in [9.17, 15) is 19.5 Å². The normalized spacial score (nSPS) is 32.4. The van der Waals surface area contributed by atoms with Gasteiger partial charge in [-0.2, -0.15) is 0 Å². The highest BCUT2D eigenvalue weighted by Crippen LogP contribution is 2.61. The topological polar surface area (TPSA) is 90.4 Å². The highest BCUT2D eigenvalue weighted by Gasteiger charge is 2.71. The fraction of sp³-hybridized carbons (Fsp3) is 0.519. The van der Waals surface area contributed by atoms with E-state index in [0.717, 1.165) is 0 Å². The maximum absolute atomic E-state index is 14.4. The number of hydrogen-bond donors (Lipinski definition) is 1. The van der Waals surface area contributed by atoms with Crippen molar-refractivity contribution in [2.75, 3.05) is 38.8 Å². The van der Waals surface area contributed by atoms with Crippen LogP contribution in [0.25, 0.3) is 0 Å². The number of carbonyl (C=O) groups is 3. The number of fused-ring (bicyclic) bond motifs is 2. The summed E-state index contributed by atoms with van der Waals surface area (Å²) in [5.74, 6) is -1.12. The lowest BCUT2D eigenvalue weighted by atomic mass is 9.78. The Balaban J connectivity index is 1.64. The third-order valence-corrected chi connectivity index (χ3v) is 9.74. The number of aliphatic hydroxyl groups is 1. The standard InChI is InChI=1S/C27H33N3O5S/c1-16(2)19(15-31)30-23-26(34)29(17-8-10-18(35-4)11-9-17)14-6-12-27(23)22(25(30)33)21-20(36-27)7-5-13-28(3)24(21)32/h5-12,16,19-23,31H,13-15H2,1-4H3/t19-,20+,21-,22-,23?,27-/m0/s1. The van der Waals surface area contributed by atoms with E-state index in [2.05, 4.69) is 0 Å². The van der Waals surface area contributed by atoms with Gasteiger partial charge in [-0.3, -0.25) is 14.4 Å². The van der Waals surface area contributed by atoms with E-state index in [-0.39, 0.29) is 35.5 Å². The molecule has 0 radical (unpaired) electrons. The number of likely N-dealkylation sites (N-methyl/N-ethyl adjacent to an activating group) is 1. The summed E-state index contributed by atoms with van der Waals surface area (Å²) >= 11 is 1.55. The lowest BCUT2D eigenvalue weighted by Gasteiger charge is -2.39. The van der Waals surface area contributed by atoms with Crippen LogP contribution < -0.4 is 9.64 Å². The molecule has 4 aliphatic rings. The number of amides is 3. The number of anilines is 1. The molecule has 4 aliphatic heterocycles. The summed E-state index contributed by atoms with van der Waals surface area (Å²) in [5, 5.41) is 10.2. The van der Waals surface area contributed by atoms with Gasteiger partial charge in [-0.1, -0.05) is 38.2 Å². The van der Waals surface area contributed by atoms with Crippen LogP contribution in [-0.4, -0.2) is 88.6 Å². The van der Waals surface area contributed by atoms with E-state index in [4.69, 9.17) is 4.74 Å². The van der Waals surface area contributed by atoms with Crippen LogP contribution in [0.15, 0.2) is 48.6 Å². The van der Waals surface area contributed by atoms with Crippen molar-refractivity contribution < 1.29 is 24.2 Å². The number of ether oxygens (including phenoxy) is 1. The number of benzene rings is 1. The van der Waals surface area contributed by atoms with Gasteiger partial charge >= 0.3 is 0 Å². The maximum Gasteiger partial charge on any atom is 0.251 e. The third kappa shape index (κ3) is 3.58. The number of likely N-dealkylation sites (tertiary alicyclic amines) is 1. The number of aliphatic hydroxyl groups excluding tert-OH is 1. The van der Waals surface area contributed by atoms with Gasteiger partial charge in [0.2, 0.25) is 11.8 Å². The molecule has 1 N–H and O–H groups in total. The molecule has 192 valence electrons. The van der Waals surface area contributed by atoms with Crippen LogP contribution in [0.4, 0.5) is 5.69 Å². The molecule has 9 heteroatoms. The Morgan fingerprint density at radius 1 is 1.08 bits per heavy atom. The van der Waals surface area contributed by atoms with Crippen LogP contribution in [0, 0.1) is 17.8 Å². The number of carbonyl (C=O) groups excluding carboxylic acids is 3. The van der Waals surface area contributed by atoms with E-state index in [1.54, 1.807) is 52.8 Å². The van der Waals surface area contributed by atoms with Crippen molar-refractivity contribution in [2.24, 2.45) is 17.8 Å². The van der Waals surface area contributed by atoms with Crippen LogP contribution in [-0.2, 0) is 14.4 Å². The summed E-state index contributed by atoms with van der Waals surface area (Å²) in [5.41, 5.74) is 0.705. The van der Waals surface area contributed by atoms with Gasteiger partial charge in [0.15, 0.2) is 0 Å². The molecule has 8 nitrogen and oxygen atoms in total. The first-order chi connectivity index (χ1) is 17.2. The molecule has 1 unspecified atom stereocenters. The number of methoxy groups -OCH3 is 1. The zero-order chi connectivity index (χ0) is 25.8. The zero-order valence-electron chi connectivity index (χ0n) is 21.0. The minimum atomic E-state index is -0.898. The van der Waals surface area contributed by atoms with Gasteiger partial charge in [0.05, 0.1) is 36.3 Å². The molecule has 1 aromatic rings. The largest absolute Gasteiger partial charge is 0.497 e. The van der Waals surface area contributed by atoms with Crippen LogP contribution in [0.3, 0.4) is 0 Å². The Morgan fingerprint density at radius 2 is 1.81 bits per heavy atom. The van der Waals surface area contributed by atoms with Gasteiger partial charge in [-0.15, -0.1) is 11.8 Å². The second kappa shape index (κ2) is 9.27. The number of nitrogens with zero attached hydrogens (tertiary/aromatic N) is 3. The second-order valence-corrected chi connectivity index (χ2v) is 11.8. The summed E-state index contributed by atoms with van der Waals surface area (Å²) < 4.78 is 4.38. The average molecular weight is 512 g/mol. The van der Waals surface area contributed by atoms with Crippen molar-refractivity contribution in [1.29, 1.82) is 0 Å². The first-order valence-corrected chi connectivity index (χ1v) is 13.3. The van der Waals surface area contributed by atoms with Gasteiger partial charge in [-0.05, 0) is 30.2 Å². The first kappa shape index (κ1) is 24.9. The van der Waals surface area contributed by atoms with Gasteiger partial charge < -0.3 is 24.5 Å². The Labute approximate surface area is 215 Å². The molecule has 0 aromatic heterocycles. The minimum Gasteiger partial charge on any atom is -0.497 e. The number of hydrogen-bond acceptors (Lipinski definition) is 6. The Morgan fingerprint density at radius 3 is 2.44 bits per heavy atom. The van der Waals surface area contributed by atoms with Gasteiger partial charge in [0.1, 0.15) is 11.8 Å². The number of thioether (sulfide) groups is 1. The van der Waals surface area contributed by atoms with E-state index in [0.29, 0.717) is 24.5 Å². The Hall–Kier alpha value is -2.78. The van der Waals surface area contributed by atoms with E-state index >= 15 is 0 Å². The first-order valence-electron chi connectivity index (χ1n) is 12.4. The maximum atomic E-state index is 14.4. The van der Waals surface area contributed by atoms with Crippen LogP contribution in [0.1, 0.15) is 13.8 Å². The predicted octanol–water partition coefficient (Wildman–Crippen LogP) is 1.94. The molecular weight excluding hydrogens is 478 g/mol. The molecule has 2 saturated heterocycles. The van der Waals surface area contributed by atoms with Crippen molar-refractivity contribution >= 4 is 35.2 Å². The quantitative estimate of drug-likeness (QED) is 0.608. The lowest BCUT2D eigenvalue weighted by molar-refractivity contribution is -0.144. The monoisotopic (exact) mass is 511 g/mol. The van der Waals surface area contributed by atoms with E-state index < -0.39 is 28.7 Å². The van der Waals surface area contributed by atoms with Crippen molar-refractivity contribution in [3.63, 3.8) is 0 Å². The highest BCUT2D eigenvalue weighted by molar-refractivity contribution is 8.02. The molecule has 6 atom stereocenters. The fourth-order valence-electron chi connectivity index (χ4n) is 6.17. The molecule has 1 aromatic carbocycles. The van der Waals surface area contributed by atoms with E-state index in [1.807, 2.05) is 50.3 Å². The lowest BCUT2D eigenvalue weighted by Crippen LogP contribution is -2.57. The van der Waals surface area contributed by atoms with Crippen molar-refractivity contribution in [3.05, 3.63) is 48.6 Å². The summed E-state index contributed by atoms with van der Waals surface area (Å²) in [6.45, 7) is 4.48. The fourth-order valence-corrected chi connectivity index (χ4v) is 8.17. The van der Waals surface area contributed by atoms with E-state index in [1.165, 1.54) is 0 Å². The van der Waals surface area contributed by atoms with Crippen molar-refractivity contribution in [1.82, 2.24) is 9.80 Å². The molecule has 2 fully saturated rings. The van der Waals surface area contributed by atoms with Crippen LogP contribution in [0.2, 0.25) is 0 Å². The third-order valence-electron chi connectivity index (χ3n) is 8.00. The van der Waals surface area contributed by atoms with Crippen LogP contribution in [0.5, 0.6) is 5.75 Å². The molecule has 4 heterocycles. The Kier molecular flexibility index (Phi) is 6.41. The summed E-state index contributed by atoms with van der Waals surface area (Å²) in [6, 6.07) is 5.91. The predicted molar refractivity (Wildman–Crippen MR) is 139 cm³/mol.